The van der Waals surface area contributed by atoms with E-state index in [1.807, 2.05) is 18.2 Å². The third kappa shape index (κ3) is 4.38. The Labute approximate surface area is 173 Å². The maximum Gasteiger partial charge on any atom is 0.243 e. The zero-order chi connectivity index (χ0) is 20.4. The van der Waals surface area contributed by atoms with E-state index in [0.717, 1.165) is 12.0 Å². The fourth-order valence-corrected chi connectivity index (χ4v) is 5.85. The number of nitrogens with zero attached hydrogens (tertiary/aromatic N) is 1. The zero-order valence-corrected chi connectivity index (χ0v) is 17.5. The summed E-state index contributed by atoms with van der Waals surface area (Å²) in [7, 11) is -3.57. The van der Waals surface area contributed by atoms with Crippen LogP contribution in [0.3, 0.4) is 0 Å². The van der Waals surface area contributed by atoms with Crippen LogP contribution in [0.15, 0.2) is 65.6 Å². The van der Waals surface area contributed by atoms with Crippen molar-refractivity contribution in [2.75, 3.05) is 13.1 Å². The van der Waals surface area contributed by atoms with E-state index in [1.54, 1.807) is 30.3 Å². The van der Waals surface area contributed by atoms with Crippen LogP contribution in [0.4, 0.5) is 0 Å². The average molecular weight is 413 g/mol. The Hall–Kier alpha value is -2.18. The number of piperidine rings is 1. The summed E-state index contributed by atoms with van der Waals surface area (Å²) >= 11 is 0. The molecule has 2 aromatic rings. The zero-order valence-electron chi connectivity index (χ0n) is 16.7. The molecule has 1 saturated carbocycles. The largest absolute Gasteiger partial charge is 0.349 e. The Morgan fingerprint density at radius 2 is 1.69 bits per heavy atom. The van der Waals surface area contributed by atoms with Gasteiger partial charge >= 0.3 is 0 Å². The molecular formula is C23H28N2O3S. The van der Waals surface area contributed by atoms with Crippen LogP contribution in [0.2, 0.25) is 0 Å². The Kier molecular flexibility index (Phi) is 5.74. The molecule has 4 atom stereocenters. The van der Waals surface area contributed by atoms with Crippen LogP contribution in [0.5, 0.6) is 0 Å². The average Bonchev–Trinajstić information content (AvgIpc) is 3.49. The van der Waals surface area contributed by atoms with Crippen LogP contribution in [-0.2, 0) is 14.8 Å². The number of nitrogens with one attached hydrogen (secondary N) is 1. The number of carbonyl (C=O) groups excluding carboxylic acids is 1. The summed E-state index contributed by atoms with van der Waals surface area (Å²) in [6.07, 6.45) is 2.52. The van der Waals surface area contributed by atoms with Crippen LogP contribution in [-0.4, -0.2) is 31.7 Å². The molecule has 1 aliphatic heterocycles. The second-order valence-electron chi connectivity index (χ2n) is 8.29. The Bertz CT molecular complexity index is 947. The van der Waals surface area contributed by atoms with Crippen LogP contribution in [0, 0.1) is 17.8 Å². The lowest BCUT2D eigenvalue weighted by atomic mass is 9.96. The highest BCUT2D eigenvalue weighted by Gasteiger charge is 2.42. The van der Waals surface area contributed by atoms with Gasteiger partial charge in [0.15, 0.2) is 0 Å². The van der Waals surface area contributed by atoms with Crippen LogP contribution in [0.1, 0.15) is 37.8 Å². The molecule has 5 nitrogen and oxygen atoms in total. The summed E-state index contributed by atoms with van der Waals surface area (Å²) in [5.74, 6) is 0.698. The van der Waals surface area contributed by atoms with Crippen LogP contribution in [0.25, 0.3) is 0 Å². The Balaban J connectivity index is 1.47. The lowest BCUT2D eigenvalue weighted by Crippen LogP contribution is -2.46. The number of amides is 1. The van der Waals surface area contributed by atoms with Crippen LogP contribution >= 0.6 is 0 Å². The maximum atomic E-state index is 13.1. The van der Waals surface area contributed by atoms with Gasteiger partial charge in [0, 0.05) is 13.1 Å². The molecule has 0 radical (unpaired) electrons. The number of benzene rings is 2. The van der Waals surface area contributed by atoms with E-state index in [4.69, 9.17) is 0 Å². The van der Waals surface area contributed by atoms with Gasteiger partial charge < -0.3 is 5.32 Å². The number of carbonyl (C=O) groups is 1. The summed E-state index contributed by atoms with van der Waals surface area (Å²) < 4.78 is 27.4. The van der Waals surface area contributed by atoms with E-state index in [-0.39, 0.29) is 29.3 Å². The van der Waals surface area contributed by atoms with Crippen molar-refractivity contribution < 1.29 is 13.2 Å². The molecule has 29 heavy (non-hydrogen) atoms. The van der Waals surface area contributed by atoms with Gasteiger partial charge in [0.1, 0.15) is 0 Å². The van der Waals surface area contributed by atoms with E-state index in [9.17, 15) is 13.2 Å². The van der Waals surface area contributed by atoms with Crippen molar-refractivity contribution in [1.29, 1.82) is 0 Å². The lowest BCUT2D eigenvalue weighted by Gasteiger charge is -2.32. The van der Waals surface area contributed by atoms with Gasteiger partial charge in [0.25, 0.3) is 0 Å². The summed E-state index contributed by atoms with van der Waals surface area (Å²) in [5.41, 5.74) is 1.12. The van der Waals surface area contributed by atoms with Crippen molar-refractivity contribution in [2.24, 2.45) is 17.8 Å². The first kappa shape index (κ1) is 20.1. The predicted octanol–water partition coefficient (Wildman–Crippen LogP) is 3.60. The Morgan fingerprint density at radius 3 is 2.31 bits per heavy atom. The number of rotatable bonds is 6. The fourth-order valence-electron chi connectivity index (χ4n) is 4.30. The highest BCUT2D eigenvalue weighted by molar-refractivity contribution is 7.89. The lowest BCUT2D eigenvalue weighted by molar-refractivity contribution is -0.127. The minimum Gasteiger partial charge on any atom is -0.349 e. The van der Waals surface area contributed by atoms with Gasteiger partial charge in [-0.2, -0.15) is 4.31 Å². The molecule has 0 aromatic heterocycles. The Morgan fingerprint density at radius 1 is 1.07 bits per heavy atom. The molecule has 1 N–H and O–H groups in total. The molecular weight excluding hydrogens is 384 g/mol. The van der Waals surface area contributed by atoms with Crippen LogP contribution < -0.4 is 5.32 Å². The van der Waals surface area contributed by atoms with E-state index in [0.29, 0.717) is 31.2 Å². The van der Waals surface area contributed by atoms with Gasteiger partial charge in [-0.05, 0) is 48.8 Å². The fraction of sp³-hybridized carbons (Fsp3) is 0.435. The third-order valence-electron chi connectivity index (χ3n) is 6.19. The molecule has 0 spiro atoms. The van der Waals surface area contributed by atoms with Gasteiger partial charge in [-0.15, -0.1) is 0 Å². The minimum absolute atomic E-state index is 0.000179. The summed E-state index contributed by atoms with van der Waals surface area (Å²) in [6, 6.07) is 18.6. The molecule has 1 saturated heterocycles. The molecule has 1 aliphatic carbocycles. The van der Waals surface area contributed by atoms with Gasteiger partial charge in [0.2, 0.25) is 15.9 Å². The highest BCUT2D eigenvalue weighted by atomic mass is 32.2. The summed E-state index contributed by atoms with van der Waals surface area (Å²) in [6.45, 7) is 2.91. The van der Waals surface area contributed by atoms with E-state index >= 15 is 0 Å². The molecule has 2 aliphatic rings. The molecule has 1 amide bonds. The van der Waals surface area contributed by atoms with Crippen molar-refractivity contribution in [3.63, 3.8) is 0 Å². The van der Waals surface area contributed by atoms with Crippen molar-refractivity contribution in [3.05, 3.63) is 66.2 Å². The van der Waals surface area contributed by atoms with Crippen molar-refractivity contribution in [1.82, 2.24) is 9.62 Å². The topological polar surface area (TPSA) is 66.5 Å². The smallest absolute Gasteiger partial charge is 0.243 e. The maximum absolute atomic E-state index is 13.1. The molecule has 0 bridgehead atoms. The van der Waals surface area contributed by atoms with E-state index in [2.05, 4.69) is 24.4 Å². The number of hydrogen-bond donors (Lipinski definition) is 1. The van der Waals surface area contributed by atoms with E-state index in [1.165, 1.54) is 4.31 Å². The molecule has 1 heterocycles. The first-order valence-corrected chi connectivity index (χ1v) is 11.8. The van der Waals surface area contributed by atoms with Gasteiger partial charge in [-0.1, -0.05) is 55.5 Å². The first-order chi connectivity index (χ1) is 14.0. The summed E-state index contributed by atoms with van der Waals surface area (Å²) in [4.78, 5) is 13.4. The highest BCUT2D eigenvalue weighted by Crippen LogP contribution is 2.47. The first-order valence-electron chi connectivity index (χ1n) is 10.4. The summed E-state index contributed by atoms with van der Waals surface area (Å²) in [5, 5.41) is 3.25. The predicted molar refractivity (Wildman–Crippen MR) is 113 cm³/mol. The van der Waals surface area contributed by atoms with Crippen molar-refractivity contribution in [3.8, 4) is 0 Å². The quantitative estimate of drug-likeness (QED) is 0.788. The second-order valence-corrected chi connectivity index (χ2v) is 10.2. The molecule has 154 valence electrons. The standard InChI is InChI=1S/C23H28N2O3S/c1-17-15-21(17)22(18-9-4-2-5-10-18)24-23(26)19-11-8-14-25(16-19)29(27,28)20-12-6-3-7-13-20/h2-7,9-10,12-13,17,19,21-22H,8,11,14-16H2,1H3,(H,24,26). The van der Waals surface area contributed by atoms with Gasteiger partial charge in [-0.3, -0.25) is 4.79 Å². The third-order valence-corrected chi connectivity index (χ3v) is 8.07. The second kappa shape index (κ2) is 8.28. The van der Waals surface area contributed by atoms with E-state index < -0.39 is 10.0 Å². The van der Waals surface area contributed by atoms with Crippen molar-refractivity contribution in [2.45, 2.75) is 37.1 Å². The van der Waals surface area contributed by atoms with Gasteiger partial charge in [0.05, 0.1) is 16.9 Å². The molecule has 6 heteroatoms. The molecule has 2 aromatic carbocycles. The number of sulfonamides is 1. The molecule has 4 unspecified atom stereocenters. The minimum atomic E-state index is -3.57. The molecule has 2 fully saturated rings. The normalized spacial score (nSPS) is 25.9. The van der Waals surface area contributed by atoms with Crippen molar-refractivity contribution >= 4 is 15.9 Å². The SMILES string of the molecule is CC1CC1C(NC(=O)C1CCCN(S(=O)(=O)c2ccccc2)C1)c1ccccc1. The molecule has 4 rings (SSSR count). The number of hydrogen-bond acceptors (Lipinski definition) is 3. The monoisotopic (exact) mass is 412 g/mol. The van der Waals surface area contributed by atoms with Gasteiger partial charge in [-0.25, -0.2) is 8.42 Å².